The molecule has 1 aromatic rings. The highest BCUT2D eigenvalue weighted by Gasteiger charge is 2.30. The Hall–Kier alpha value is -1.43. The molecule has 1 aromatic carbocycles. The van der Waals surface area contributed by atoms with Gasteiger partial charge in [-0.25, -0.2) is 0 Å². The number of nitrogens with one attached hydrogen (secondary N) is 1. The Morgan fingerprint density at radius 2 is 2.05 bits per heavy atom. The number of hydrogen-bond acceptors (Lipinski definition) is 4. The lowest BCUT2D eigenvalue weighted by molar-refractivity contribution is -0.122. The summed E-state index contributed by atoms with van der Waals surface area (Å²) in [4.78, 5) is 14.2. The second-order valence-electron chi connectivity index (χ2n) is 5.61. The van der Waals surface area contributed by atoms with Crippen molar-refractivity contribution < 1.29 is 9.90 Å². The van der Waals surface area contributed by atoms with Crippen LogP contribution in [0.1, 0.15) is 26.3 Å². The van der Waals surface area contributed by atoms with Crippen LogP contribution in [0.25, 0.3) is 0 Å². The van der Waals surface area contributed by atoms with E-state index in [1.54, 1.807) is 0 Å². The third kappa shape index (κ3) is 3.79. The average molecular weight is 279 g/mol. The summed E-state index contributed by atoms with van der Waals surface area (Å²) in [5, 5.41) is 12.3. The minimum absolute atomic E-state index is 0.0134. The number of hydrogen-bond donors (Lipinski definition) is 3. The van der Waals surface area contributed by atoms with Crippen LogP contribution in [0.2, 0.25) is 0 Å². The molecule has 1 atom stereocenters. The van der Waals surface area contributed by atoms with E-state index >= 15 is 0 Å². The first-order valence-corrected chi connectivity index (χ1v) is 6.76. The Morgan fingerprint density at radius 3 is 2.60 bits per heavy atom. The fourth-order valence-electron chi connectivity index (χ4n) is 1.87. The van der Waals surface area contributed by atoms with Gasteiger partial charge < -0.3 is 16.2 Å². The van der Waals surface area contributed by atoms with Crippen molar-refractivity contribution in [2.45, 2.75) is 38.9 Å². The van der Waals surface area contributed by atoms with Crippen LogP contribution in [0.3, 0.4) is 0 Å². The first-order chi connectivity index (χ1) is 9.33. The summed E-state index contributed by atoms with van der Waals surface area (Å²) in [5.74, 6) is -0.116. The van der Waals surface area contributed by atoms with Gasteiger partial charge in [0.2, 0.25) is 5.91 Å². The Bertz CT molecular complexity index is 460. The zero-order valence-electron chi connectivity index (χ0n) is 12.7. The van der Waals surface area contributed by atoms with Gasteiger partial charge >= 0.3 is 0 Å². The van der Waals surface area contributed by atoms with Crippen LogP contribution in [0.4, 0.5) is 5.69 Å². The number of carbonyl (C=O) groups is 1. The summed E-state index contributed by atoms with van der Waals surface area (Å²) in [7, 11) is 1.83. The lowest BCUT2D eigenvalue weighted by Crippen LogP contribution is -2.52. The predicted molar refractivity (Wildman–Crippen MR) is 81.4 cm³/mol. The van der Waals surface area contributed by atoms with Crippen molar-refractivity contribution in [3.05, 3.63) is 29.8 Å². The molecule has 5 nitrogen and oxygen atoms in total. The number of anilines is 1. The van der Waals surface area contributed by atoms with Crippen LogP contribution in [0, 0.1) is 0 Å². The van der Waals surface area contributed by atoms with Crippen molar-refractivity contribution >= 4 is 11.6 Å². The molecular formula is C15H25N3O2. The molecule has 1 amide bonds. The topological polar surface area (TPSA) is 78.6 Å². The fraction of sp³-hybridized carbons (Fsp3) is 0.533. The highest BCUT2D eigenvalue weighted by atomic mass is 16.3. The van der Waals surface area contributed by atoms with Gasteiger partial charge in [-0.3, -0.25) is 9.69 Å². The third-order valence-corrected chi connectivity index (χ3v) is 3.80. The van der Waals surface area contributed by atoms with E-state index in [1.807, 2.05) is 57.0 Å². The molecule has 0 aliphatic carbocycles. The quantitative estimate of drug-likeness (QED) is 0.730. The number of likely N-dealkylation sites (N-methyl/N-ethyl adjacent to an activating group) is 1. The highest BCUT2D eigenvalue weighted by Crippen LogP contribution is 2.18. The van der Waals surface area contributed by atoms with E-state index in [-0.39, 0.29) is 18.6 Å². The Labute approximate surface area is 120 Å². The fourth-order valence-corrected chi connectivity index (χ4v) is 1.87. The molecule has 112 valence electrons. The summed E-state index contributed by atoms with van der Waals surface area (Å²) >= 11 is 0. The molecule has 0 bridgehead atoms. The molecule has 1 rings (SSSR count). The Kier molecular flexibility index (Phi) is 5.68. The number of rotatable bonds is 6. The molecule has 0 heterocycles. The molecule has 0 saturated carbocycles. The first kappa shape index (κ1) is 16.6. The zero-order valence-corrected chi connectivity index (χ0v) is 12.7. The average Bonchev–Trinajstić information content (AvgIpc) is 2.46. The predicted octanol–water partition coefficient (Wildman–Crippen LogP) is 1.18. The SMILES string of the molecule is CC(C(=O)Nc1ccccc1CN)N(C)C(C)(C)CO. The highest BCUT2D eigenvalue weighted by molar-refractivity contribution is 5.95. The maximum Gasteiger partial charge on any atom is 0.241 e. The van der Waals surface area contributed by atoms with Gasteiger partial charge in [0, 0.05) is 17.8 Å². The lowest BCUT2D eigenvalue weighted by atomic mass is 10.0. The summed E-state index contributed by atoms with van der Waals surface area (Å²) in [5.41, 5.74) is 6.84. The van der Waals surface area contributed by atoms with Gasteiger partial charge in [-0.15, -0.1) is 0 Å². The van der Waals surface area contributed by atoms with E-state index in [0.29, 0.717) is 6.54 Å². The minimum atomic E-state index is -0.454. The minimum Gasteiger partial charge on any atom is -0.394 e. The van der Waals surface area contributed by atoms with Crippen LogP contribution in [-0.4, -0.2) is 41.1 Å². The van der Waals surface area contributed by atoms with Crippen molar-refractivity contribution in [2.24, 2.45) is 5.73 Å². The Morgan fingerprint density at radius 1 is 1.45 bits per heavy atom. The molecule has 1 unspecified atom stereocenters. The number of amides is 1. The van der Waals surface area contributed by atoms with Crippen molar-refractivity contribution in [2.75, 3.05) is 19.0 Å². The third-order valence-electron chi connectivity index (χ3n) is 3.80. The number of benzene rings is 1. The number of nitrogens with zero attached hydrogens (tertiary/aromatic N) is 1. The van der Waals surface area contributed by atoms with Gasteiger partial charge in [-0.2, -0.15) is 0 Å². The number of carbonyl (C=O) groups excluding carboxylic acids is 1. The monoisotopic (exact) mass is 279 g/mol. The molecule has 0 aliphatic heterocycles. The number of aliphatic hydroxyl groups is 1. The summed E-state index contributed by atoms with van der Waals surface area (Å²) in [6.45, 7) is 5.97. The van der Waals surface area contributed by atoms with Crippen molar-refractivity contribution in [3.63, 3.8) is 0 Å². The molecule has 0 fully saturated rings. The molecule has 0 spiro atoms. The van der Waals surface area contributed by atoms with Crippen LogP contribution in [-0.2, 0) is 11.3 Å². The van der Waals surface area contributed by atoms with Crippen LogP contribution >= 0.6 is 0 Å². The number of aliphatic hydroxyl groups excluding tert-OH is 1. The number of nitrogens with two attached hydrogens (primary N) is 1. The molecule has 5 heteroatoms. The van der Waals surface area contributed by atoms with E-state index in [4.69, 9.17) is 5.73 Å². The van der Waals surface area contributed by atoms with E-state index in [9.17, 15) is 9.90 Å². The second kappa shape index (κ2) is 6.83. The molecule has 20 heavy (non-hydrogen) atoms. The molecule has 0 saturated heterocycles. The van der Waals surface area contributed by atoms with Gasteiger partial charge in [-0.1, -0.05) is 18.2 Å². The Balaban J connectivity index is 2.81. The van der Waals surface area contributed by atoms with Crippen LogP contribution < -0.4 is 11.1 Å². The summed E-state index contributed by atoms with van der Waals surface area (Å²) in [6, 6.07) is 7.12. The van der Waals surface area contributed by atoms with E-state index < -0.39 is 5.54 Å². The van der Waals surface area contributed by atoms with Gasteiger partial charge in [0.1, 0.15) is 0 Å². The van der Waals surface area contributed by atoms with Gasteiger partial charge in [-0.05, 0) is 39.4 Å². The molecule has 0 aliphatic rings. The largest absolute Gasteiger partial charge is 0.394 e. The van der Waals surface area contributed by atoms with E-state index in [1.165, 1.54) is 0 Å². The van der Waals surface area contributed by atoms with Crippen LogP contribution in [0.5, 0.6) is 0 Å². The van der Waals surface area contributed by atoms with Crippen molar-refractivity contribution in [3.8, 4) is 0 Å². The zero-order chi connectivity index (χ0) is 15.3. The molecule has 4 N–H and O–H groups in total. The molecule has 0 radical (unpaired) electrons. The maximum atomic E-state index is 12.3. The van der Waals surface area contributed by atoms with Crippen molar-refractivity contribution in [1.29, 1.82) is 0 Å². The smallest absolute Gasteiger partial charge is 0.241 e. The standard InChI is InChI=1S/C15H25N3O2/c1-11(18(4)15(2,3)10-19)14(20)17-13-8-6-5-7-12(13)9-16/h5-8,11,19H,9-10,16H2,1-4H3,(H,17,20). The van der Waals surface area contributed by atoms with Gasteiger partial charge in [0.05, 0.1) is 12.6 Å². The maximum absolute atomic E-state index is 12.3. The normalized spacial score (nSPS) is 13.3. The number of para-hydroxylation sites is 1. The summed E-state index contributed by atoms with van der Waals surface area (Å²) in [6.07, 6.45) is 0. The first-order valence-electron chi connectivity index (χ1n) is 6.76. The molecule has 0 aromatic heterocycles. The van der Waals surface area contributed by atoms with Crippen LogP contribution in [0.15, 0.2) is 24.3 Å². The summed E-state index contributed by atoms with van der Waals surface area (Å²) < 4.78 is 0. The van der Waals surface area contributed by atoms with Gasteiger partial charge in [0.15, 0.2) is 0 Å². The lowest BCUT2D eigenvalue weighted by Gasteiger charge is -2.37. The van der Waals surface area contributed by atoms with Gasteiger partial charge in [0.25, 0.3) is 0 Å². The van der Waals surface area contributed by atoms with E-state index in [2.05, 4.69) is 5.32 Å². The molecular weight excluding hydrogens is 254 g/mol. The van der Waals surface area contributed by atoms with Crippen molar-refractivity contribution in [1.82, 2.24) is 4.90 Å². The van der Waals surface area contributed by atoms with E-state index in [0.717, 1.165) is 11.3 Å². The second-order valence-corrected chi connectivity index (χ2v) is 5.61.